The number of aliphatic hydroxyl groups is 1. The van der Waals surface area contributed by atoms with Gasteiger partial charge < -0.3 is 15.5 Å². The number of thioether (sulfide) groups is 2. The van der Waals surface area contributed by atoms with Gasteiger partial charge in [0.1, 0.15) is 17.1 Å². The minimum absolute atomic E-state index is 0.0285. The number of carbonyl (C=O) groups is 3. The van der Waals surface area contributed by atoms with Gasteiger partial charge in [0.15, 0.2) is 12.0 Å². The Hall–Kier alpha value is -2.99. The molecule has 4 rings (SSSR count). The molecule has 1 unspecified atom stereocenters. The van der Waals surface area contributed by atoms with E-state index in [4.69, 9.17) is 4.55 Å². The number of β-lactam (4-membered cyclic amide) rings is 1. The highest BCUT2D eigenvalue weighted by Gasteiger charge is 2.54. The van der Waals surface area contributed by atoms with Crippen LogP contribution in [0.3, 0.4) is 0 Å². The van der Waals surface area contributed by atoms with Crippen LogP contribution in [0.4, 0.5) is 0 Å². The number of aliphatic hydroxyl groups excluding tert-OH is 1. The third-order valence-electron chi connectivity index (χ3n) is 5.07. The number of hydrogen-bond donors (Lipinski definition) is 4. The maximum absolute atomic E-state index is 12.8. The highest BCUT2D eigenvalue weighted by molar-refractivity contribution is 8.01. The van der Waals surface area contributed by atoms with E-state index in [1.54, 1.807) is 30.3 Å². The van der Waals surface area contributed by atoms with Gasteiger partial charge in [0, 0.05) is 11.5 Å². The number of nitrogens with one attached hydrogen (secondary N) is 1. The number of fused-ring (bicyclic) bond motifs is 1. The predicted octanol–water partition coefficient (Wildman–Crippen LogP) is -0.917. The quantitative estimate of drug-likeness (QED) is 0.172. The normalized spacial score (nSPS) is 20.7. The predicted molar refractivity (Wildman–Crippen MR) is 121 cm³/mol. The molecule has 4 N–H and O–H groups in total. The van der Waals surface area contributed by atoms with E-state index >= 15 is 0 Å². The van der Waals surface area contributed by atoms with Crippen molar-refractivity contribution < 1.29 is 37.6 Å². The zero-order valence-corrected chi connectivity index (χ0v) is 20.0. The third kappa shape index (κ3) is 5.32. The number of carboxylic acid groups (broad SMARTS) is 1. The standard InChI is InChI=1S/C18H18N6O8S3/c25-13(9-4-2-1-3-5-9)14(26)19-11-15(27)24-12(17(28)29)10(6-33-16(11)24)7-34-18-20-21-22-23(18)8-35(30,31)32/h1-5,11,13,16,25H,6-8H2,(H,19,26)(H,28,29)(H,30,31,32)/t11-,13-,16?/m1/s1. The van der Waals surface area contributed by atoms with Crippen LogP contribution in [0.1, 0.15) is 11.7 Å². The van der Waals surface area contributed by atoms with Crippen LogP contribution in [-0.4, -0.2) is 89.0 Å². The summed E-state index contributed by atoms with van der Waals surface area (Å²) in [5, 5.41) is 32.4. The molecule has 1 saturated heterocycles. The van der Waals surface area contributed by atoms with E-state index in [9.17, 15) is 33.0 Å². The van der Waals surface area contributed by atoms with Crippen molar-refractivity contribution in [3.8, 4) is 0 Å². The van der Waals surface area contributed by atoms with Crippen LogP contribution < -0.4 is 5.32 Å². The molecule has 0 saturated carbocycles. The van der Waals surface area contributed by atoms with Gasteiger partial charge in [0.2, 0.25) is 5.16 Å². The van der Waals surface area contributed by atoms with E-state index < -0.39 is 51.3 Å². The molecule has 1 aromatic heterocycles. The smallest absolute Gasteiger partial charge is 0.352 e. The number of benzene rings is 1. The van der Waals surface area contributed by atoms with Crippen LogP contribution in [-0.2, 0) is 30.4 Å². The lowest BCUT2D eigenvalue weighted by Crippen LogP contribution is -2.70. The number of nitrogens with zero attached hydrogens (tertiary/aromatic N) is 5. The Bertz CT molecular complexity index is 1300. The Morgan fingerprint density at radius 3 is 2.66 bits per heavy atom. The Kier molecular flexibility index (Phi) is 7.13. The molecule has 0 radical (unpaired) electrons. The lowest BCUT2D eigenvalue weighted by molar-refractivity contribution is -0.151. The number of hydrogen-bond acceptors (Lipinski definition) is 11. The van der Waals surface area contributed by atoms with E-state index in [2.05, 4.69) is 20.8 Å². The molecular formula is C18H18N6O8S3. The summed E-state index contributed by atoms with van der Waals surface area (Å²) in [7, 11) is -4.40. The van der Waals surface area contributed by atoms with Gasteiger partial charge in [-0.3, -0.25) is 19.0 Å². The van der Waals surface area contributed by atoms with E-state index in [1.807, 2.05) is 0 Å². The van der Waals surface area contributed by atoms with Gasteiger partial charge in [-0.05, 0) is 21.6 Å². The van der Waals surface area contributed by atoms with Crippen LogP contribution in [0.25, 0.3) is 0 Å². The van der Waals surface area contributed by atoms with Crippen molar-refractivity contribution in [2.24, 2.45) is 0 Å². The van der Waals surface area contributed by atoms with Crippen molar-refractivity contribution in [1.29, 1.82) is 0 Å². The van der Waals surface area contributed by atoms with Crippen LogP contribution in [0.5, 0.6) is 0 Å². The van der Waals surface area contributed by atoms with Crippen molar-refractivity contribution in [2.45, 2.75) is 28.6 Å². The number of amides is 2. The van der Waals surface area contributed by atoms with Gasteiger partial charge in [0.05, 0.1) is 0 Å². The fraction of sp³-hybridized carbons (Fsp3) is 0.333. The zero-order chi connectivity index (χ0) is 25.3. The lowest BCUT2D eigenvalue weighted by Gasteiger charge is -2.49. The first-order chi connectivity index (χ1) is 16.6. The average Bonchev–Trinajstić information content (AvgIpc) is 3.25. The second kappa shape index (κ2) is 9.94. The topological polar surface area (TPSA) is 205 Å². The number of rotatable bonds is 9. The zero-order valence-electron chi connectivity index (χ0n) is 17.6. The number of aliphatic carboxylic acids is 1. The minimum Gasteiger partial charge on any atom is -0.477 e. The summed E-state index contributed by atoms with van der Waals surface area (Å²) >= 11 is 2.17. The van der Waals surface area contributed by atoms with Gasteiger partial charge in [-0.2, -0.15) is 8.42 Å². The third-order valence-corrected chi connectivity index (χ3v) is 8.03. The van der Waals surface area contributed by atoms with Gasteiger partial charge in [0.25, 0.3) is 21.9 Å². The van der Waals surface area contributed by atoms with Gasteiger partial charge in [-0.15, -0.1) is 16.9 Å². The van der Waals surface area contributed by atoms with E-state index in [1.165, 1.54) is 11.8 Å². The Labute approximate surface area is 206 Å². The summed E-state index contributed by atoms with van der Waals surface area (Å²) in [4.78, 5) is 38.3. The summed E-state index contributed by atoms with van der Waals surface area (Å²) in [5.74, 6) is -3.39. The summed E-state index contributed by atoms with van der Waals surface area (Å²) in [6, 6.07) is 7.17. The molecule has 0 bridgehead atoms. The highest BCUT2D eigenvalue weighted by atomic mass is 32.2. The average molecular weight is 543 g/mol. The summed E-state index contributed by atoms with van der Waals surface area (Å²) < 4.78 is 32.0. The van der Waals surface area contributed by atoms with Crippen molar-refractivity contribution in [3.63, 3.8) is 0 Å². The number of carboxylic acids is 1. The van der Waals surface area contributed by atoms with Crippen LogP contribution in [0.15, 0.2) is 46.8 Å². The van der Waals surface area contributed by atoms with Gasteiger partial charge in [-0.25, -0.2) is 9.48 Å². The first kappa shape index (κ1) is 25.1. The SMILES string of the molecule is O=C(O)C1=C(CSc2nnnn2CS(=O)(=O)O)CSC2[C@H](NC(=O)[C@H](O)c3ccccc3)C(=O)N12. The van der Waals surface area contributed by atoms with E-state index in [0.717, 1.165) is 21.3 Å². The molecule has 1 aromatic carbocycles. The monoisotopic (exact) mass is 542 g/mol. The molecular weight excluding hydrogens is 524 g/mol. The second-order valence-corrected chi connectivity index (χ2v) is 10.9. The minimum atomic E-state index is -4.40. The number of aromatic nitrogens is 4. The molecule has 3 atom stereocenters. The number of tetrazole rings is 1. The molecule has 2 aromatic rings. The maximum Gasteiger partial charge on any atom is 0.352 e. The Morgan fingerprint density at radius 2 is 2.00 bits per heavy atom. The fourth-order valence-electron chi connectivity index (χ4n) is 3.50. The molecule has 14 nitrogen and oxygen atoms in total. The van der Waals surface area contributed by atoms with Gasteiger partial charge in [-0.1, -0.05) is 42.1 Å². The molecule has 2 aliphatic rings. The maximum atomic E-state index is 12.8. The summed E-state index contributed by atoms with van der Waals surface area (Å²) in [5.41, 5.74) is 0.480. The van der Waals surface area contributed by atoms with E-state index in [0.29, 0.717) is 11.1 Å². The van der Waals surface area contributed by atoms with Gasteiger partial charge >= 0.3 is 5.97 Å². The van der Waals surface area contributed by atoms with Crippen LogP contribution in [0, 0.1) is 0 Å². The van der Waals surface area contributed by atoms with Crippen LogP contribution >= 0.6 is 23.5 Å². The van der Waals surface area contributed by atoms with Crippen molar-refractivity contribution >= 4 is 51.4 Å². The molecule has 2 aliphatic heterocycles. The van der Waals surface area contributed by atoms with Crippen molar-refractivity contribution in [3.05, 3.63) is 47.2 Å². The lowest BCUT2D eigenvalue weighted by atomic mass is 10.0. The van der Waals surface area contributed by atoms with Crippen molar-refractivity contribution in [2.75, 3.05) is 11.5 Å². The van der Waals surface area contributed by atoms with E-state index in [-0.39, 0.29) is 22.4 Å². The fourth-order valence-corrected chi connectivity index (χ4v) is 6.43. The summed E-state index contributed by atoms with van der Waals surface area (Å²) in [6.45, 7) is 0. The Balaban J connectivity index is 1.46. The molecule has 17 heteroatoms. The largest absolute Gasteiger partial charge is 0.477 e. The number of carbonyl (C=O) groups excluding carboxylic acids is 2. The molecule has 186 valence electrons. The molecule has 1 fully saturated rings. The second-order valence-electron chi connectivity index (χ2n) is 7.43. The molecule has 3 heterocycles. The molecule has 2 amide bonds. The first-order valence-corrected chi connectivity index (χ1v) is 13.5. The molecule has 0 aliphatic carbocycles. The van der Waals surface area contributed by atoms with Crippen LogP contribution in [0.2, 0.25) is 0 Å². The Morgan fingerprint density at radius 1 is 1.29 bits per heavy atom. The van der Waals surface area contributed by atoms with Crippen molar-refractivity contribution in [1.82, 2.24) is 30.4 Å². The molecule has 35 heavy (non-hydrogen) atoms. The molecule has 0 spiro atoms. The first-order valence-electron chi connectivity index (χ1n) is 9.84. The highest BCUT2D eigenvalue weighted by Crippen LogP contribution is 2.41. The summed E-state index contributed by atoms with van der Waals surface area (Å²) in [6.07, 6.45) is -1.48.